The fourth-order valence-electron chi connectivity index (χ4n) is 1.11. The van der Waals surface area contributed by atoms with Gasteiger partial charge in [0.25, 0.3) is 0 Å². The maximum absolute atomic E-state index is 5.37. The van der Waals surface area contributed by atoms with Crippen LogP contribution in [0.2, 0.25) is 0 Å². The quantitative estimate of drug-likeness (QED) is 0.433. The minimum atomic E-state index is 0.773. The first-order valence-electron chi connectivity index (χ1n) is 4.87. The lowest BCUT2D eigenvalue weighted by atomic mass is 10.3. The highest BCUT2D eigenvalue weighted by Crippen LogP contribution is 2.17. The number of anilines is 1. The largest absolute Gasteiger partial charge is 0.309 e. The molecule has 5 heteroatoms. The van der Waals surface area contributed by atoms with E-state index in [-0.39, 0.29) is 0 Å². The summed E-state index contributed by atoms with van der Waals surface area (Å²) in [5.74, 6) is 8.21. The van der Waals surface area contributed by atoms with E-state index in [9.17, 15) is 0 Å². The summed E-state index contributed by atoms with van der Waals surface area (Å²) in [6.45, 7) is 1.09. The van der Waals surface area contributed by atoms with Gasteiger partial charge in [0.1, 0.15) is 5.82 Å². The molecular weight excluding hydrogens is 208 g/mol. The van der Waals surface area contributed by atoms with Gasteiger partial charge in [-0.3, -0.25) is 0 Å². The van der Waals surface area contributed by atoms with Crippen LogP contribution in [0.5, 0.6) is 0 Å². The van der Waals surface area contributed by atoms with Crippen molar-refractivity contribution < 1.29 is 0 Å². The maximum atomic E-state index is 5.37. The minimum absolute atomic E-state index is 0.773. The number of rotatable bonds is 6. The van der Waals surface area contributed by atoms with E-state index >= 15 is 0 Å². The summed E-state index contributed by atoms with van der Waals surface area (Å²) >= 11 is 1.89. The highest BCUT2D eigenvalue weighted by molar-refractivity contribution is 7.98. The van der Waals surface area contributed by atoms with E-state index in [0.717, 1.165) is 29.4 Å². The average molecular weight is 226 g/mol. The zero-order valence-electron chi connectivity index (χ0n) is 9.23. The Morgan fingerprint density at radius 3 is 3.00 bits per heavy atom. The zero-order valence-corrected chi connectivity index (χ0v) is 10.0. The molecule has 1 aromatic heterocycles. The van der Waals surface area contributed by atoms with Crippen LogP contribution in [0.1, 0.15) is 5.56 Å². The SMILES string of the molecule is CN(C)CCSCc1cccnc1NN. The third-order valence-corrected chi connectivity index (χ3v) is 2.95. The van der Waals surface area contributed by atoms with Gasteiger partial charge in [0.15, 0.2) is 0 Å². The Balaban J connectivity index is 2.36. The fourth-order valence-corrected chi connectivity index (χ4v) is 2.21. The number of hydrazine groups is 1. The Morgan fingerprint density at radius 1 is 1.53 bits per heavy atom. The van der Waals surface area contributed by atoms with Crippen molar-refractivity contribution in [2.24, 2.45) is 5.84 Å². The molecule has 0 aliphatic rings. The molecule has 0 spiro atoms. The average Bonchev–Trinajstić information content (AvgIpc) is 2.24. The minimum Gasteiger partial charge on any atom is -0.309 e. The van der Waals surface area contributed by atoms with E-state index in [0.29, 0.717) is 0 Å². The molecule has 0 saturated heterocycles. The van der Waals surface area contributed by atoms with Crippen molar-refractivity contribution in [2.45, 2.75) is 5.75 Å². The van der Waals surface area contributed by atoms with Gasteiger partial charge in [0.2, 0.25) is 0 Å². The van der Waals surface area contributed by atoms with Crippen LogP contribution in [0.15, 0.2) is 18.3 Å². The molecule has 0 atom stereocenters. The summed E-state index contributed by atoms with van der Waals surface area (Å²) < 4.78 is 0. The normalized spacial score (nSPS) is 10.7. The lowest BCUT2D eigenvalue weighted by Crippen LogP contribution is -2.15. The van der Waals surface area contributed by atoms with E-state index < -0.39 is 0 Å². The van der Waals surface area contributed by atoms with Crippen LogP contribution in [0, 0.1) is 0 Å². The first-order valence-corrected chi connectivity index (χ1v) is 6.02. The van der Waals surface area contributed by atoms with Gasteiger partial charge in [-0.25, -0.2) is 10.8 Å². The van der Waals surface area contributed by atoms with Crippen LogP contribution in [0.3, 0.4) is 0 Å². The van der Waals surface area contributed by atoms with Crippen LogP contribution in [0.25, 0.3) is 0 Å². The molecule has 0 aliphatic heterocycles. The van der Waals surface area contributed by atoms with Crippen molar-refractivity contribution in [1.82, 2.24) is 9.88 Å². The number of aromatic nitrogens is 1. The number of nitrogens with zero attached hydrogens (tertiary/aromatic N) is 2. The van der Waals surface area contributed by atoms with Crippen molar-refractivity contribution >= 4 is 17.6 Å². The molecule has 0 radical (unpaired) electrons. The molecule has 1 heterocycles. The molecule has 0 amide bonds. The Bertz CT molecular complexity index is 291. The summed E-state index contributed by atoms with van der Waals surface area (Å²) in [4.78, 5) is 6.33. The number of nitrogens with one attached hydrogen (secondary N) is 1. The molecular formula is C10H18N4S. The summed E-state index contributed by atoms with van der Waals surface area (Å²) in [5, 5.41) is 0. The monoisotopic (exact) mass is 226 g/mol. The van der Waals surface area contributed by atoms with Gasteiger partial charge in [-0.1, -0.05) is 6.07 Å². The molecule has 0 unspecified atom stereocenters. The summed E-state index contributed by atoms with van der Waals surface area (Å²) in [5.41, 5.74) is 3.77. The van der Waals surface area contributed by atoms with Crippen LogP contribution >= 0.6 is 11.8 Å². The van der Waals surface area contributed by atoms with E-state index in [2.05, 4.69) is 29.4 Å². The Morgan fingerprint density at radius 2 is 2.33 bits per heavy atom. The van der Waals surface area contributed by atoms with E-state index in [4.69, 9.17) is 5.84 Å². The molecule has 84 valence electrons. The zero-order chi connectivity index (χ0) is 11.1. The van der Waals surface area contributed by atoms with Gasteiger partial charge in [0, 0.05) is 29.8 Å². The van der Waals surface area contributed by atoms with E-state index in [1.165, 1.54) is 0 Å². The van der Waals surface area contributed by atoms with Gasteiger partial charge >= 0.3 is 0 Å². The number of nitrogens with two attached hydrogens (primary N) is 1. The third kappa shape index (κ3) is 4.51. The predicted molar refractivity (Wildman–Crippen MR) is 66.8 cm³/mol. The maximum Gasteiger partial charge on any atom is 0.143 e. The Labute approximate surface area is 95.2 Å². The van der Waals surface area contributed by atoms with Gasteiger partial charge in [-0.05, 0) is 20.2 Å². The van der Waals surface area contributed by atoms with Gasteiger partial charge in [-0.15, -0.1) is 0 Å². The molecule has 15 heavy (non-hydrogen) atoms. The molecule has 0 aromatic carbocycles. The number of nitrogen functional groups attached to an aromatic ring is 1. The van der Waals surface area contributed by atoms with Crippen molar-refractivity contribution in [3.05, 3.63) is 23.9 Å². The summed E-state index contributed by atoms with van der Waals surface area (Å²) in [6.07, 6.45) is 1.74. The number of hydrogen-bond donors (Lipinski definition) is 2. The molecule has 0 fully saturated rings. The third-order valence-electron chi connectivity index (χ3n) is 1.97. The molecule has 1 rings (SSSR count). The van der Waals surface area contributed by atoms with Crippen molar-refractivity contribution in [3.8, 4) is 0 Å². The van der Waals surface area contributed by atoms with Crippen LogP contribution < -0.4 is 11.3 Å². The molecule has 4 nitrogen and oxygen atoms in total. The fraction of sp³-hybridized carbons (Fsp3) is 0.500. The Kier molecular flexibility index (Phi) is 5.45. The van der Waals surface area contributed by atoms with Crippen LogP contribution in [-0.4, -0.2) is 36.3 Å². The molecule has 1 aromatic rings. The second-order valence-corrected chi connectivity index (χ2v) is 4.62. The number of thioether (sulfide) groups is 1. The Hall–Kier alpha value is -0.780. The van der Waals surface area contributed by atoms with Gasteiger partial charge in [-0.2, -0.15) is 11.8 Å². The predicted octanol–water partition coefficient (Wildman–Crippen LogP) is 1.16. The van der Waals surface area contributed by atoms with Crippen LogP contribution in [-0.2, 0) is 5.75 Å². The first kappa shape index (κ1) is 12.3. The van der Waals surface area contributed by atoms with E-state index in [1.54, 1.807) is 6.20 Å². The number of hydrogen-bond acceptors (Lipinski definition) is 5. The summed E-state index contributed by atoms with van der Waals surface area (Å²) in [6, 6.07) is 3.98. The lowest BCUT2D eigenvalue weighted by molar-refractivity contribution is 0.437. The standard InChI is InChI=1S/C10H18N4S/c1-14(2)6-7-15-8-9-4-3-5-12-10(9)13-11/h3-5H,6-8,11H2,1-2H3,(H,12,13). The number of pyridine rings is 1. The highest BCUT2D eigenvalue weighted by Gasteiger charge is 2.01. The smallest absolute Gasteiger partial charge is 0.143 e. The molecule has 0 bridgehead atoms. The van der Waals surface area contributed by atoms with Crippen LogP contribution in [0.4, 0.5) is 5.82 Å². The van der Waals surface area contributed by atoms with Gasteiger partial charge < -0.3 is 10.3 Å². The highest BCUT2D eigenvalue weighted by atomic mass is 32.2. The van der Waals surface area contributed by atoms with Crippen molar-refractivity contribution in [2.75, 3.05) is 31.8 Å². The summed E-state index contributed by atoms with van der Waals surface area (Å²) in [7, 11) is 4.16. The topological polar surface area (TPSA) is 54.2 Å². The van der Waals surface area contributed by atoms with Crippen molar-refractivity contribution in [1.29, 1.82) is 0 Å². The first-order chi connectivity index (χ1) is 7.24. The molecule has 0 saturated carbocycles. The molecule has 0 aliphatic carbocycles. The molecule has 3 N–H and O–H groups in total. The second kappa shape index (κ2) is 6.66. The van der Waals surface area contributed by atoms with Crippen molar-refractivity contribution in [3.63, 3.8) is 0 Å². The lowest BCUT2D eigenvalue weighted by Gasteiger charge is -2.10. The van der Waals surface area contributed by atoms with Gasteiger partial charge in [0.05, 0.1) is 0 Å². The van der Waals surface area contributed by atoms with E-state index in [1.807, 2.05) is 23.9 Å². The second-order valence-electron chi connectivity index (χ2n) is 3.51.